The van der Waals surface area contributed by atoms with Crippen molar-refractivity contribution in [1.82, 2.24) is 24.6 Å². The molecule has 5 rings (SSSR count). The third-order valence-corrected chi connectivity index (χ3v) is 10.4. The van der Waals surface area contributed by atoms with Gasteiger partial charge in [-0.05, 0) is 42.0 Å². The molecule has 0 unspecified atom stereocenters. The van der Waals surface area contributed by atoms with Crippen LogP contribution in [0.3, 0.4) is 0 Å². The summed E-state index contributed by atoms with van der Waals surface area (Å²) in [4.78, 5) is 24.9. The zero-order chi connectivity index (χ0) is 36.6. The number of nitrogens with one attached hydrogen (secondary N) is 1. The fourth-order valence-corrected chi connectivity index (χ4v) is 7.63. The van der Waals surface area contributed by atoms with Gasteiger partial charge < -0.3 is 19.7 Å². The van der Waals surface area contributed by atoms with Crippen LogP contribution < -0.4 is 19.7 Å². The number of thiazole rings is 1. The van der Waals surface area contributed by atoms with Gasteiger partial charge in [0, 0.05) is 32.6 Å². The summed E-state index contributed by atoms with van der Waals surface area (Å²) in [7, 11) is -4.48. The molecule has 1 saturated heterocycles. The van der Waals surface area contributed by atoms with Crippen molar-refractivity contribution in [3.63, 3.8) is 0 Å². The standard InChI is InChI=1S/C27H20ClF9N6O5S2/c28-21-20-22(40-23(39-21)26(32,33)34)41-25(49-20)42-7-8-43(50(45,46)16-4-2-15(3-5-16)48-27(35,36)37)14(12-42)10-19(44)38-11-13-1-6-18(17(29)9-13)47-24(30)31/h1-6,9,14,24H,7-8,10-12H2,(H,38,44)/t14-/m0/s1. The number of rotatable bonds is 10. The maximum atomic E-state index is 14.2. The van der Waals surface area contributed by atoms with Crippen LogP contribution in [0, 0.1) is 5.82 Å². The lowest BCUT2D eigenvalue weighted by molar-refractivity contribution is -0.274. The van der Waals surface area contributed by atoms with Crippen LogP contribution in [0.2, 0.25) is 5.15 Å². The van der Waals surface area contributed by atoms with E-state index in [2.05, 4.69) is 29.7 Å². The van der Waals surface area contributed by atoms with Gasteiger partial charge in [-0.25, -0.2) is 22.8 Å². The van der Waals surface area contributed by atoms with E-state index in [1.165, 1.54) is 11.0 Å². The molecule has 50 heavy (non-hydrogen) atoms. The number of halogens is 10. The quantitative estimate of drug-likeness (QED) is 0.153. The number of amides is 1. The average Bonchev–Trinajstić information content (AvgIpc) is 3.45. The predicted molar refractivity (Wildman–Crippen MR) is 158 cm³/mol. The minimum absolute atomic E-state index is 0.0115. The molecule has 0 bridgehead atoms. The summed E-state index contributed by atoms with van der Waals surface area (Å²) in [6.45, 7) is -4.27. The van der Waals surface area contributed by atoms with Gasteiger partial charge in [-0.15, -0.1) is 13.2 Å². The second-order valence-corrected chi connectivity index (χ2v) is 13.6. The first kappa shape index (κ1) is 37.1. The second-order valence-electron chi connectivity index (χ2n) is 10.3. The summed E-state index contributed by atoms with van der Waals surface area (Å²) in [5.74, 6) is -4.83. The average molecular weight is 779 g/mol. The number of piperazine rings is 1. The first-order valence-corrected chi connectivity index (χ1v) is 16.5. The zero-order valence-electron chi connectivity index (χ0n) is 24.6. The summed E-state index contributed by atoms with van der Waals surface area (Å²) in [5.41, 5.74) is -0.237. The third kappa shape index (κ3) is 8.76. The fraction of sp³-hybridized carbons (Fsp3) is 0.333. The molecule has 0 radical (unpaired) electrons. The number of sulfonamides is 1. The Hall–Kier alpha value is -4.15. The van der Waals surface area contributed by atoms with E-state index in [0.29, 0.717) is 0 Å². The molecule has 1 atom stereocenters. The van der Waals surface area contributed by atoms with Crippen molar-refractivity contribution in [2.24, 2.45) is 0 Å². The molecule has 1 aliphatic heterocycles. The van der Waals surface area contributed by atoms with Crippen LogP contribution in [0.5, 0.6) is 11.5 Å². The largest absolute Gasteiger partial charge is 0.573 e. The Morgan fingerprint density at radius 3 is 2.36 bits per heavy atom. The molecule has 0 aliphatic carbocycles. The summed E-state index contributed by atoms with van der Waals surface area (Å²) in [6.07, 6.45) is -10.5. The molecule has 1 N–H and O–H groups in total. The van der Waals surface area contributed by atoms with Gasteiger partial charge in [-0.2, -0.15) is 31.2 Å². The Kier molecular flexibility index (Phi) is 10.6. The van der Waals surface area contributed by atoms with E-state index in [0.717, 1.165) is 52.0 Å². The first-order valence-electron chi connectivity index (χ1n) is 13.8. The van der Waals surface area contributed by atoms with Crippen molar-refractivity contribution in [3.8, 4) is 11.5 Å². The minimum Gasteiger partial charge on any atom is -0.432 e. The van der Waals surface area contributed by atoms with Gasteiger partial charge in [-0.3, -0.25) is 4.79 Å². The number of nitrogens with zero attached hydrogens (tertiary/aromatic N) is 5. The van der Waals surface area contributed by atoms with Gasteiger partial charge in [-0.1, -0.05) is 29.0 Å². The van der Waals surface area contributed by atoms with E-state index in [4.69, 9.17) is 11.6 Å². The number of ether oxygens (including phenoxy) is 2. The summed E-state index contributed by atoms with van der Waals surface area (Å²) >= 11 is 6.79. The molecule has 0 saturated carbocycles. The maximum Gasteiger partial charge on any atom is 0.573 e. The number of carbonyl (C=O) groups is 1. The number of hydrogen-bond donors (Lipinski definition) is 1. The molecule has 1 fully saturated rings. The fourth-order valence-electron chi connectivity index (χ4n) is 4.82. The molecular formula is C27H20ClF9N6O5S2. The predicted octanol–water partition coefficient (Wildman–Crippen LogP) is 5.98. The monoisotopic (exact) mass is 778 g/mol. The first-order chi connectivity index (χ1) is 23.3. The maximum absolute atomic E-state index is 14.2. The van der Waals surface area contributed by atoms with E-state index in [1.807, 2.05) is 0 Å². The van der Waals surface area contributed by atoms with Crippen molar-refractivity contribution in [3.05, 3.63) is 64.8 Å². The van der Waals surface area contributed by atoms with Gasteiger partial charge in [0.2, 0.25) is 21.8 Å². The van der Waals surface area contributed by atoms with Gasteiger partial charge in [0.05, 0.1) is 10.9 Å². The molecule has 270 valence electrons. The molecule has 3 heterocycles. The van der Waals surface area contributed by atoms with Crippen LogP contribution in [-0.4, -0.2) is 72.2 Å². The highest BCUT2D eigenvalue weighted by Gasteiger charge is 2.40. The Morgan fingerprint density at radius 2 is 1.74 bits per heavy atom. The van der Waals surface area contributed by atoms with E-state index in [1.54, 1.807) is 0 Å². The Labute approximate surface area is 284 Å². The lowest BCUT2D eigenvalue weighted by Gasteiger charge is -2.40. The molecule has 1 amide bonds. The van der Waals surface area contributed by atoms with E-state index in [-0.39, 0.29) is 47.2 Å². The number of hydrogen-bond acceptors (Lipinski definition) is 10. The Bertz CT molecular complexity index is 1980. The summed E-state index contributed by atoms with van der Waals surface area (Å²) < 4.78 is 153. The van der Waals surface area contributed by atoms with Crippen molar-refractivity contribution < 1.29 is 62.2 Å². The van der Waals surface area contributed by atoms with Crippen molar-refractivity contribution in [1.29, 1.82) is 0 Å². The highest BCUT2D eigenvalue weighted by molar-refractivity contribution is 7.89. The third-order valence-electron chi connectivity index (χ3n) is 6.94. The van der Waals surface area contributed by atoms with Crippen LogP contribution in [-0.2, 0) is 27.5 Å². The van der Waals surface area contributed by atoms with Crippen LogP contribution in [0.25, 0.3) is 10.3 Å². The number of alkyl halides is 8. The highest BCUT2D eigenvalue weighted by atomic mass is 35.5. The molecule has 2 aromatic carbocycles. The van der Waals surface area contributed by atoms with Gasteiger partial charge in [0.1, 0.15) is 10.4 Å². The van der Waals surface area contributed by atoms with E-state index >= 15 is 0 Å². The minimum atomic E-state index is -5.03. The molecule has 0 spiro atoms. The summed E-state index contributed by atoms with van der Waals surface area (Å²) in [6, 6.07) is 5.11. The lowest BCUT2D eigenvalue weighted by atomic mass is 10.1. The van der Waals surface area contributed by atoms with Crippen LogP contribution in [0.1, 0.15) is 17.8 Å². The van der Waals surface area contributed by atoms with Crippen molar-refractivity contribution >= 4 is 54.3 Å². The van der Waals surface area contributed by atoms with Crippen molar-refractivity contribution in [2.45, 2.75) is 43.1 Å². The second kappa shape index (κ2) is 14.2. The van der Waals surface area contributed by atoms with E-state index in [9.17, 15) is 52.7 Å². The topological polar surface area (TPSA) is 127 Å². The van der Waals surface area contributed by atoms with Gasteiger partial charge in [0.25, 0.3) is 0 Å². The van der Waals surface area contributed by atoms with Crippen molar-refractivity contribution in [2.75, 3.05) is 24.5 Å². The number of fused-ring (bicyclic) bond motifs is 1. The molecule has 4 aromatic rings. The van der Waals surface area contributed by atoms with Crippen LogP contribution >= 0.6 is 22.9 Å². The number of anilines is 1. The SMILES string of the molecule is O=C(C[C@H]1CN(c2nc3nc(C(F)(F)F)nc(Cl)c3s2)CCN1S(=O)(=O)c1ccc(OC(F)(F)F)cc1)NCc1ccc(OC(F)F)c(F)c1. The molecule has 23 heteroatoms. The normalized spacial score (nSPS) is 16.2. The van der Waals surface area contributed by atoms with Gasteiger partial charge in [0.15, 0.2) is 27.5 Å². The van der Waals surface area contributed by atoms with Gasteiger partial charge >= 0.3 is 19.2 Å². The summed E-state index contributed by atoms with van der Waals surface area (Å²) in [5, 5.41) is 2.02. The zero-order valence-corrected chi connectivity index (χ0v) is 27.0. The molecule has 11 nitrogen and oxygen atoms in total. The lowest BCUT2D eigenvalue weighted by Crippen LogP contribution is -2.56. The molecule has 1 aliphatic rings. The molecule has 2 aromatic heterocycles. The highest BCUT2D eigenvalue weighted by Crippen LogP contribution is 2.37. The smallest absolute Gasteiger partial charge is 0.432 e. The Morgan fingerprint density at radius 1 is 1.04 bits per heavy atom. The number of aromatic nitrogens is 3. The number of carbonyl (C=O) groups excluding carboxylic acids is 1. The molecular weight excluding hydrogens is 759 g/mol. The number of benzene rings is 2. The van der Waals surface area contributed by atoms with Crippen LogP contribution in [0.15, 0.2) is 47.4 Å². The van der Waals surface area contributed by atoms with Crippen LogP contribution in [0.4, 0.5) is 44.6 Å². The Balaban J connectivity index is 1.39. The van der Waals surface area contributed by atoms with E-state index < -0.39 is 80.7 Å².